The van der Waals surface area contributed by atoms with Gasteiger partial charge in [-0.2, -0.15) is 0 Å². The molecule has 0 aromatic carbocycles. The molecule has 0 aromatic rings. The number of hydrogen-bond acceptors (Lipinski definition) is 1. The van der Waals surface area contributed by atoms with Crippen molar-refractivity contribution in [3.63, 3.8) is 0 Å². The highest BCUT2D eigenvalue weighted by Gasteiger charge is 2.31. The van der Waals surface area contributed by atoms with Crippen molar-refractivity contribution < 1.29 is 4.74 Å². The van der Waals surface area contributed by atoms with Crippen molar-refractivity contribution in [2.75, 3.05) is 0 Å². The van der Waals surface area contributed by atoms with Gasteiger partial charge in [0.1, 0.15) is 5.60 Å². The average Bonchev–Trinajstić information content (AvgIpc) is 2.54. The van der Waals surface area contributed by atoms with Crippen molar-refractivity contribution in [3.05, 3.63) is 11.3 Å². The largest absolute Gasteiger partial charge is 0.492 e. The van der Waals surface area contributed by atoms with E-state index in [1.54, 1.807) is 5.57 Å². The highest BCUT2D eigenvalue weighted by Crippen LogP contribution is 2.38. The third kappa shape index (κ3) is 4.04. The molecule has 0 spiro atoms. The Kier molecular flexibility index (Phi) is 4.53. The Bertz CT molecular complexity index is 249. The Morgan fingerprint density at radius 2 is 1.29 bits per heavy atom. The fourth-order valence-electron chi connectivity index (χ4n) is 3.19. The summed E-state index contributed by atoms with van der Waals surface area (Å²) < 4.78 is 6.14. The lowest BCUT2D eigenvalue weighted by Crippen LogP contribution is -2.18. The summed E-state index contributed by atoms with van der Waals surface area (Å²) in [4.78, 5) is 0. The highest BCUT2D eigenvalue weighted by molar-refractivity contribution is 5.17. The Morgan fingerprint density at radius 3 is 1.94 bits per heavy atom. The van der Waals surface area contributed by atoms with Crippen molar-refractivity contribution in [2.45, 2.75) is 90.1 Å². The Balaban J connectivity index is 1.95. The van der Waals surface area contributed by atoms with Gasteiger partial charge in [-0.05, 0) is 38.7 Å². The van der Waals surface area contributed by atoms with Crippen LogP contribution in [0.5, 0.6) is 0 Å². The van der Waals surface area contributed by atoms with Crippen molar-refractivity contribution >= 4 is 0 Å². The molecule has 0 saturated heterocycles. The van der Waals surface area contributed by atoms with Gasteiger partial charge in [-0.3, -0.25) is 0 Å². The molecule has 98 valence electrons. The summed E-state index contributed by atoms with van der Waals surface area (Å²) in [7, 11) is 0. The Labute approximate surface area is 107 Å². The first-order valence-corrected chi connectivity index (χ1v) is 7.57. The maximum atomic E-state index is 6.14. The van der Waals surface area contributed by atoms with E-state index in [9.17, 15) is 0 Å². The zero-order valence-electron chi connectivity index (χ0n) is 11.7. The maximum Gasteiger partial charge on any atom is 0.107 e. The molecule has 1 nitrogen and oxygen atoms in total. The van der Waals surface area contributed by atoms with Gasteiger partial charge in [0, 0.05) is 12.8 Å². The molecule has 0 amide bonds. The van der Waals surface area contributed by atoms with Crippen LogP contribution >= 0.6 is 0 Å². The molecule has 2 aliphatic rings. The van der Waals surface area contributed by atoms with Crippen LogP contribution in [0.15, 0.2) is 11.3 Å². The van der Waals surface area contributed by atoms with Crippen LogP contribution in [0.2, 0.25) is 0 Å². The molecule has 0 saturated carbocycles. The van der Waals surface area contributed by atoms with Gasteiger partial charge in [0.25, 0.3) is 0 Å². The van der Waals surface area contributed by atoms with Gasteiger partial charge in [-0.1, -0.05) is 38.5 Å². The van der Waals surface area contributed by atoms with Crippen molar-refractivity contribution in [1.29, 1.82) is 0 Å². The first kappa shape index (κ1) is 13.0. The molecule has 17 heavy (non-hydrogen) atoms. The summed E-state index contributed by atoms with van der Waals surface area (Å²) in [6, 6.07) is 0. The molecule has 1 aliphatic heterocycles. The van der Waals surface area contributed by atoms with Gasteiger partial charge in [0.15, 0.2) is 0 Å². The predicted octanol–water partition coefficient (Wildman–Crippen LogP) is 5.35. The van der Waals surface area contributed by atoms with Crippen LogP contribution in [0, 0.1) is 0 Å². The molecule has 0 radical (unpaired) electrons. The van der Waals surface area contributed by atoms with Gasteiger partial charge in [-0.15, -0.1) is 0 Å². The van der Waals surface area contributed by atoms with Crippen LogP contribution in [0.25, 0.3) is 0 Å². The first-order chi connectivity index (χ1) is 8.17. The Morgan fingerprint density at radius 1 is 0.765 bits per heavy atom. The van der Waals surface area contributed by atoms with Crippen LogP contribution in [0.3, 0.4) is 0 Å². The van der Waals surface area contributed by atoms with E-state index in [1.165, 1.54) is 76.4 Å². The fourth-order valence-corrected chi connectivity index (χ4v) is 3.19. The summed E-state index contributed by atoms with van der Waals surface area (Å²) in [6.45, 7) is 4.47. The minimum atomic E-state index is 0.0743. The molecule has 2 rings (SSSR count). The third-order valence-electron chi connectivity index (χ3n) is 4.07. The molecule has 0 atom stereocenters. The molecule has 1 heterocycles. The van der Waals surface area contributed by atoms with Gasteiger partial charge < -0.3 is 4.74 Å². The zero-order valence-corrected chi connectivity index (χ0v) is 11.7. The topological polar surface area (TPSA) is 9.23 Å². The predicted molar refractivity (Wildman–Crippen MR) is 73.0 cm³/mol. The van der Waals surface area contributed by atoms with Crippen LogP contribution in [0.1, 0.15) is 84.5 Å². The summed E-state index contributed by atoms with van der Waals surface area (Å²) in [5.41, 5.74) is 1.71. The van der Waals surface area contributed by atoms with E-state index in [1.807, 2.05) is 0 Å². The molecule has 0 fully saturated rings. The third-order valence-corrected chi connectivity index (χ3v) is 4.07. The van der Waals surface area contributed by atoms with E-state index < -0.39 is 0 Å². The average molecular weight is 236 g/mol. The maximum absolute atomic E-state index is 6.14. The fraction of sp³-hybridized carbons (Fsp3) is 0.875. The van der Waals surface area contributed by atoms with Crippen molar-refractivity contribution in [2.24, 2.45) is 0 Å². The molecule has 0 N–H and O–H groups in total. The Hall–Kier alpha value is -0.460. The number of hydrogen-bond donors (Lipinski definition) is 0. The molecular formula is C16H28O. The summed E-state index contributed by atoms with van der Waals surface area (Å²) in [6.07, 6.45) is 14.9. The second-order valence-corrected chi connectivity index (χ2v) is 6.39. The van der Waals surface area contributed by atoms with Crippen LogP contribution in [0.4, 0.5) is 0 Å². The van der Waals surface area contributed by atoms with Crippen LogP contribution in [-0.2, 0) is 4.74 Å². The normalized spacial score (nSPS) is 26.7. The van der Waals surface area contributed by atoms with E-state index in [2.05, 4.69) is 13.8 Å². The van der Waals surface area contributed by atoms with E-state index in [0.717, 1.165) is 0 Å². The number of allylic oxidation sites excluding steroid dienone is 1. The smallest absolute Gasteiger partial charge is 0.107 e. The van der Waals surface area contributed by atoms with Gasteiger partial charge in [0.05, 0.1) is 5.76 Å². The number of rotatable bonds is 0. The standard InChI is InChI=1S/C16H28O/c1-16(2)13-14-11-9-7-5-3-4-6-8-10-12-15(14)17-16/h3-13H2,1-2H3. The van der Waals surface area contributed by atoms with E-state index in [-0.39, 0.29) is 5.60 Å². The SMILES string of the molecule is CC1(C)CC2=C(CCCCCCCCCC2)O1. The molecular weight excluding hydrogens is 208 g/mol. The summed E-state index contributed by atoms with van der Waals surface area (Å²) in [5, 5.41) is 0. The number of ether oxygens (including phenoxy) is 1. The monoisotopic (exact) mass is 236 g/mol. The minimum absolute atomic E-state index is 0.0743. The molecule has 0 bridgehead atoms. The molecule has 1 aliphatic carbocycles. The van der Waals surface area contributed by atoms with E-state index in [0.29, 0.717) is 0 Å². The van der Waals surface area contributed by atoms with Gasteiger partial charge >= 0.3 is 0 Å². The van der Waals surface area contributed by atoms with Crippen molar-refractivity contribution in [3.8, 4) is 0 Å². The molecule has 0 unspecified atom stereocenters. The first-order valence-electron chi connectivity index (χ1n) is 7.57. The van der Waals surface area contributed by atoms with Gasteiger partial charge in [0.2, 0.25) is 0 Å². The second-order valence-electron chi connectivity index (χ2n) is 6.39. The van der Waals surface area contributed by atoms with Crippen LogP contribution in [-0.4, -0.2) is 5.60 Å². The van der Waals surface area contributed by atoms with Gasteiger partial charge in [-0.25, -0.2) is 0 Å². The quantitative estimate of drug-likeness (QED) is 0.550. The lowest BCUT2D eigenvalue weighted by Gasteiger charge is -2.19. The molecule has 0 aromatic heterocycles. The molecule has 1 heteroatoms. The van der Waals surface area contributed by atoms with Crippen LogP contribution < -0.4 is 0 Å². The van der Waals surface area contributed by atoms with E-state index in [4.69, 9.17) is 4.74 Å². The highest BCUT2D eigenvalue weighted by atomic mass is 16.5. The lowest BCUT2D eigenvalue weighted by atomic mass is 9.95. The van der Waals surface area contributed by atoms with Crippen molar-refractivity contribution in [1.82, 2.24) is 0 Å². The second kappa shape index (κ2) is 5.93. The van der Waals surface area contributed by atoms with E-state index >= 15 is 0 Å². The lowest BCUT2D eigenvalue weighted by molar-refractivity contribution is 0.0561. The summed E-state index contributed by atoms with van der Waals surface area (Å²) in [5.74, 6) is 1.36. The minimum Gasteiger partial charge on any atom is -0.492 e. The summed E-state index contributed by atoms with van der Waals surface area (Å²) >= 11 is 0. The zero-order chi connectivity index (χ0) is 12.1.